The van der Waals surface area contributed by atoms with Gasteiger partial charge in [0.15, 0.2) is 0 Å². The minimum Gasteiger partial charge on any atom is -0.336 e. The van der Waals surface area contributed by atoms with Gasteiger partial charge >= 0.3 is 0 Å². The van der Waals surface area contributed by atoms with Crippen molar-refractivity contribution in [1.29, 1.82) is 0 Å². The zero-order valence-electron chi connectivity index (χ0n) is 12.5. The van der Waals surface area contributed by atoms with E-state index < -0.39 is 10.0 Å². The molecule has 0 aliphatic heterocycles. The highest BCUT2D eigenvalue weighted by Crippen LogP contribution is 2.30. The van der Waals surface area contributed by atoms with E-state index in [1.165, 1.54) is 6.07 Å². The van der Waals surface area contributed by atoms with Crippen molar-refractivity contribution in [2.24, 2.45) is 5.14 Å². The van der Waals surface area contributed by atoms with Crippen LogP contribution in [0.3, 0.4) is 0 Å². The molecule has 1 aliphatic carbocycles. The standard InChI is InChI=1S/C15H22N2O3S/c1-3-4-9-17(12-6-7-12)15(18)13-10-11(2)5-8-14(13)21(16,19)20/h5,8,10,12H,3-4,6-7,9H2,1-2H3,(H2,16,19,20). The minimum atomic E-state index is -3.90. The highest BCUT2D eigenvalue weighted by atomic mass is 32.2. The lowest BCUT2D eigenvalue weighted by Crippen LogP contribution is -2.35. The first kappa shape index (κ1) is 16.0. The molecule has 0 unspecified atom stereocenters. The quantitative estimate of drug-likeness (QED) is 0.873. The predicted octanol–water partition coefficient (Wildman–Crippen LogP) is 2.05. The fourth-order valence-electron chi connectivity index (χ4n) is 2.38. The van der Waals surface area contributed by atoms with Gasteiger partial charge in [0.05, 0.1) is 10.5 Å². The first-order chi connectivity index (χ1) is 9.84. The van der Waals surface area contributed by atoms with Gasteiger partial charge in [0.2, 0.25) is 10.0 Å². The maximum Gasteiger partial charge on any atom is 0.255 e. The fourth-order valence-corrected chi connectivity index (χ4v) is 3.09. The van der Waals surface area contributed by atoms with Crippen LogP contribution in [-0.4, -0.2) is 31.8 Å². The van der Waals surface area contributed by atoms with Gasteiger partial charge in [-0.1, -0.05) is 25.0 Å². The van der Waals surface area contributed by atoms with Gasteiger partial charge in [0.1, 0.15) is 0 Å². The largest absolute Gasteiger partial charge is 0.336 e. The average molecular weight is 310 g/mol. The van der Waals surface area contributed by atoms with Crippen molar-refractivity contribution in [3.8, 4) is 0 Å². The number of carbonyl (C=O) groups is 1. The van der Waals surface area contributed by atoms with E-state index in [2.05, 4.69) is 6.92 Å². The summed E-state index contributed by atoms with van der Waals surface area (Å²) < 4.78 is 23.4. The molecule has 1 aromatic carbocycles. The van der Waals surface area contributed by atoms with Crippen molar-refractivity contribution in [2.45, 2.75) is 50.5 Å². The van der Waals surface area contributed by atoms with Crippen molar-refractivity contribution in [3.05, 3.63) is 29.3 Å². The van der Waals surface area contributed by atoms with Gasteiger partial charge in [-0.2, -0.15) is 0 Å². The molecule has 0 saturated heterocycles. The van der Waals surface area contributed by atoms with Crippen molar-refractivity contribution in [3.63, 3.8) is 0 Å². The Bertz CT molecular complexity index is 636. The van der Waals surface area contributed by atoms with Crippen LogP contribution in [-0.2, 0) is 10.0 Å². The maximum absolute atomic E-state index is 12.8. The van der Waals surface area contributed by atoms with Gasteiger partial charge in [-0.05, 0) is 38.3 Å². The molecule has 0 spiro atoms. The van der Waals surface area contributed by atoms with Crippen LogP contribution in [0.1, 0.15) is 48.5 Å². The molecule has 0 atom stereocenters. The van der Waals surface area contributed by atoms with Crippen LogP contribution >= 0.6 is 0 Å². The van der Waals surface area contributed by atoms with Crippen molar-refractivity contribution in [2.75, 3.05) is 6.54 Å². The Balaban J connectivity index is 2.39. The summed E-state index contributed by atoms with van der Waals surface area (Å²) in [5, 5.41) is 5.24. The lowest BCUT2D eigenvalue weighted by atomic mass is 10.1. The molecule has 2 N–H and O–H groups in total. The lowest BCUT2D eigenvalue weighted by molar-refractivity contribution is 0.0736. The first-order valence-corrected chi connectivity index (χ1v) is 8.83. The molecule has 5 nitrogen and oxygen atoms in total. The molecule has 116 valence electrons. The molecule has 0 bridgehead atoms. The number of hydrogen-bond acceptors (Lipinski definition) is 3. The van der Waals surface area contributed by atoms with Crippen LogP contribution in [0.25, 0.3) is 0 Å². The smallest absolute Gasteiger partial charge is 0.255 e. The number of primary sulfonamides is 1. The summed E-state index contributed by atoms with van der Waals surface area (Å²) in [6.07, 6.45) is 3.89. The highest BCUT2D eigenvalue weighted by Gasteiger charge is 2.34. The van der Waals surface area contributed by atoms with E-state index in [0.29, 0.717) is 6.54 Å². The Labute approximate surface area is 126 Å². The predicted molar refractivity (Wildman–Crippen MR) is 81.5 cm³/mol. The first-order valence-electron chi connectivity index (χ1n) is 7.29. The van der Waals surface area contributed by atoms with Crippen LogP contribution in [0, 0.1) is 6.92 Å². The third kappa shape index (κ3) is 3.83. The number of nitrogens with zero attached hydrogens (tertiary/aromatic N) is 1. The number of hydrogen-bond donors (Lipinski definition) is 1. The molecule has 2 rings (SSSR count). The van der Waals surface area contributed by atoms with Crippen LogP contribution in [0.5, 0.6) is 0 Å². The summed E-state index contributed by atoms with van der Waals surface area (Å²) in [5.41, 5.74) is 1.04. The van der Waals surface area contributed by atoms with E-state index in [9.17, 15) is 13.2 Å². The molecule has 1 fully saturated rings. The summed E-state index contributed by atoms with van der Waals surface area (Å²) in [4.78, 5) is 14.5. The van der Waals surface area contributed by atoms with Gasteiger partial charge in [-0.25, -0.2) is 13.6 Å². The molecule has 1 amide bonds. The molecule has 0 radical (unpaired) electrons. The van der Waals surface area contributed by atoms with Gasteiger partial charge in [-0.3, -0.25) is 4.79 Å². The zero-order chi connectivity index (χ0) is 15.6. The maximum atomic E-state index is 12.8. The van der Waals surface area contributed by atoms with Crippen LogP contribution < -0.4 is 5.14 Å². The number of unbranched alkanes of at least 4 members (excludes halogenated alkanes) is 1. The van der Waals surface area contributed by atoms with Crippen LogP contribution in [0.15, 0.2) is 23.1 Å². The van der Waals surface area contributed by atoms with Gasteiger partial charge in [0, 0.05) is 12.6 Å². The molecule has 0 aromatic heterocycles. The average Bonchev–Trinajstić information content (AvgIpc) is 3.22. The third-order valence-electron chi connectivity index (χ3n) is 3.67. The zero-order valence-corrected chi connectivity index (χ0v) is 13.3. The highest BCUT2D eigenvalue weighted by molar-refractivity contribution is 7.89. The Hall–Kier alpha value is -1.40. The normalized spacial score (nSPS) is 15.0. The van der Waals surface area contributed by atoms with E-state index in [1.807, 2.05) is 6.92 Å². The molecule has 1 aromatic rings. The number of carbonyl (C=O) groups excluding carboxylic acids is 1. The summed E-state index contributed by atoms with van der Waals surface area (Å²) in [5.74, 6) is -0.223. The second-order valence-corrected chi connectivity index (χ2v) is 7.16. The van der Waals surface area contributed by atoms with Crippen LogP contribution in [0.2, 0.25) is 0 Å². The van der Waals surface area contributed by atoms with Crippen molar-refractivity contribution < 1.29 is 13.2 Å². The Kier molecular flexibility index (Phi) is 4.68. The molecular formula is C15H22N2O3S. The van der Waals surface area contributed by atoms with E-state index in [4.69, 9.17) is 5.14 Å². The second-order valence-electron chi connectivity index (χ2n) is 5.63. The minimum absolute atomic E-state index is 0.0831. The monoisotopic (exact) mass is 310 g/mol. The van der Waals surface area contributed by atoms with E-state index >= 15 is 0 Å². The molecule has 6 heteroatoms. The Morgan fingerprint density at radius 2 is 2.05 bits per heavy atom. The van der Waals surface area contributed by atoms with Gasteiger partial charge in [0.25, 0.3) is 5.91 Å². The number of nitrogens with two attached hydrogens (primary N) is 1. The molecular weight excluding hydrogens is 288 g/mol. The topological polar surface area (TPSA) is 80.5 Å². The number of benzene rings is 1. The molecule has 1 saturated carbocycles. The number of amides is 1. The molecule has 0 heterocycles. The SMILES string of the molecule is CCCCN(C(=O)c1cc(C)ccc1S(N)(=O)=O)C1CC1. The summed E-state index contributed by atoms with van der Waals surface area (Å²) in [6.45, 7) is 4.56. The molecule has 21 heavy (non-hydrogen) atoms. The van der Waals surface area contributed by atoms with Crippen molar-refractivity contribution in [1.82, 2.24) is 4.90 Å². The van der Waals surface area contributed by atoms with Gasteiger partial charge < -0.3 is 4.90 Å². The summed E-state index contributed by atoms with van der Waals surface area (Å²) in [6, 6.07) is 4.94. The number of sulfonamides is 1. The number of aryl methyl sites for hydroxylation is 1. The Morgan fingerprint density at radius 1 is 1.38 bits per heavy atom. The van der Waals surface area contributed by atoms with E-state index in [-0.39, 0.29) is 22.4 Å². The summed E-state index contributed by atoms with van der Waals surface area (Å²) >= 11 is 0. The summed E-state index contributed by atoms with van der Waals surface area (Å²) in [7, 11) is -3.90. The third-order valence-corrected chi connectivity index (χ3v) is 4.64. The molecule has 1 aliphatic rings. The van der Waals surface area contributed by atoms with Gasteiger partial charge in [-0.15, -0.1) is 0 Å². The number of rotatable bonds is 6. The second kappa shape index (κ2) is 6.15. The van der Waals surface area contributed by atoms with E-state index in [1.54, 1.807) is 17.0 Å². The van der Waals surface area contributed by atoms with Crippen LogP contribution in [0.4, 0.5) is 0 Å². The lowest BCUT2D eigenvalue weighted by Gasteiger charge is -2.23. The fraction of sp³-hybridized carbons (Fsp3) is 0.533. The Morgan fingerprint density at radius 3 is 2.57 bits per heavy atom. The van der Waals surface area contributed by atoms with E-state index in [0.717, 1.165) is 31.2 Å². The van der Waals surface area contributed by atoms with Crippen molar-refractivity contribution >= 4 is 15.9 Å².